The minimum Gasteiger partial charge on any atom is -0.466 e. The molecule has 0 radical (unpaired) electrons. The molecule has 0 aliphatic rings. The molecule has 1 unspecified atom stereocenters. The topological polar surface area (TPSA) is 49.8 Å². The molecule has 0 saturated carbocycles. The number of hydrogen-bond acceptors (Lipinski definition) is 4. The molecule has 0 aromatic heterocycles. The summed E-state index contributed by atoms with van der Waals surface area (Å²) in [4.78, 5) is 11.8. The molecule has 4 heteroatoms. The Kier molecular flexibility index (Phi) is 11.4. The first-order valence-corrected chi connectivity index (χ1v) is 4.65. The van der Waals surface area contributed by atoms with Crippen molar-refractivity contribution in [2.75, 3.05) is 20.2 Å². The summed E-state index contributed by atoms with van der Waals surface area (Å²) in [5.41, 5.74) is 0. The summed E-state index contributed by atoms with van der Waals surface area (Å²) in [5, 5.41) is 8.94. The van der Waals surface area contributed by atoms with E-state index in [4.69, 9.17) is 5.11 Å². The third-order valence-electron chi connectivity index (χ3n) is 1.71. The van der Waals surface area contributed by atoms with Crippen LogP contribution in [0, 0.1) is 0 Å². The molecular formula is C10H21NO3. The monoisotopic (exact) mass is 203 g/mol. The number of esters is 1. The van der Waals surface area contributed by atoms with Crippen LogP contribution in [-0.4, -0.2) is 42.4 Å². The normalized spacial score (nSPS) is 11.3. The van der Waals surface area contributed by atoms with E-state index < -0.39 is 5.97 Å². The summed E-state index contributed by atoms with van der Waals surface area (Å²) in [6.07, 6.45) is 0.824. The molecule has 1 atom stereocenters. The zero-order valence-corrected chi connectivity index (χ0v) is 9.49. The van der Waals surface area contributed by atoms with Crippen molar-refractivity contribution in [3.63, 3.8) is 0 Å². The zero-order valence-electron chi connectivity index (χ0n) is 9.49. The van der Waals surface area contributed by atoms with Crippen molar-refractivity contribution in [3.05, 3.63) is 12.7 Å². The summed E-state index contributed by atoms with van der Waals surface area (Å²) in [5.74, 6) is -0.394. The van der Waals surface area contributed by atoms with Gasteiger partial charge in [0.2, 0.25) is 0 Å². The lowest BCUT2D eigenvalue weighted by atomic mass is 10.5. The molecule has 0 amide bonds. The number of methoxy groups -OCH3 is 1. The maximum absolute atomic E-state index is 9.84. The SMILES string of the molecule is C=CC(=O)OC.CCN(CC)C(C)O. The van der Waals surface area contributed by atoms with Crippen molar-refractivity contribution in [3.8, 4) is 0 Å². The lowest BCUT2D eigenvalue weighted by Gasteiger charge is -2.20. The van der Waals surface area contributed by atoms with Crippen molar-refractivity contribution in [1.29, 1.82) is 0 Å². The molecular weight excluding hydrogens is 182 g/mol. The molecule has 0 rings (SSSR count). The molecule has 0 spiro atoms. The summed E-state index contributed by atoms with van der Waals surface area (Å²) in [6.45, 7) is 10.9. The first kappa shape index (κ1) is 15.6. The third-order valence-corrected chi connectivity index (χ3v) is 1.71. The number of carbonyl (C=O) groups excluding carboxylic acids is 1. The van der Waals surface area contributed by atoms with Gasteiger partial charge in [-0.1, -0.05) is 20.4 Å². The first-order chi connectivity index (χ1) is 6.53. The van der Waals surface area contributed by atoms with Gasteiger partial charge in [-0.15, -0.1) is 0 Å². The van der Waals surface area contributed by atoms with E-state index in [1.165, 1.54) is 7.11 Å². The fourth-order valence-corrected chi connectivity index (χ4v) is 0.835. The van der Waals surface area contributed by atoms with Crippen molar-refractivity contribution < 1.29 is 14.6 Å². The molecule has 4 nitrogen and oxygen atoms in total. The smallest absolute Gasteiger partial charge is 0.329 e. The fraction of sp³-hybridized carbons (Fsp3) is 0.700. The van der Waals surface area contributed by atoms with E-state index in [1.54, 1.807) is 6.92 Å². The highest BCUT2D eigenvalue weighted by Crippen LogP contribution is 1.91. The average molecular weight is 203 g/mol. The van der Waals surface area contributed by atoms with Gasteiger partial charge >= 0.3 is 5.97 Å². The maximum Gasteiger partial charge on any atom is 0.329 e. The zero-order chi connectivity index (χ0) is 11.6. The molecule has 0 heterocycles. The fourth-order valence-electron chi connectivity index (χ4n) is 0.835. The maximum atomic E-state index is 9.84. The Morgan fingerprint density at radius 1 is 1.57 bits per heavy atom. The number of nitrogens with zero attached hydrogens (tertiary/aromatic N) is 1. The van der Waals surface area contributed by atoms with Crippen LogP contribution >= 0.6 is 0 Å². The highest BCUT2D eigenvalue weighted by Gasteiger charge is 2.02. The second-order valence-electron chi connectivity index (χ2n) is 2.58. The number of rotatable bonds is 4. The van der Waals surface area contributed by atoms with Gasteiger partial charge in [-0.25, -0.2) is 4.79 Å². The van der Waals surface area contributed by atoms with Crippen LogP contribution in [0.4, 0.5) is 0 Å². The Labute approximate surface area is 86.2 Å². The molecule has 0 fully saturated rings. The van der Waals surface area contributed by atoms with E-state index in [0.717, 1.165) is 19.2 Å². The largest absolute Gasteiger partial charge is 0.466 e. The minimum atomic E-state index is -0.394. The highest BCUT2D eigenvalue weighted by molar-refractivity contribution is 5.80. The van der Waals surface area contributed by atoms with Crippen LogP contribution < -0.4 is 0 Å². The average Bonchev–Trinajstić information content (AvgIpc) is 2.19. The van der Waals surface area contributed by atoms with Gasteiger partial charge in [-0.3, -0.25) is 4.90 Å². The van der Waals surface area contributed by atoms with Gasteiger partial charge in [0.15, 0.2) is 0 Å². The number of aliphatic hydroxyl groups excluding tert-OH is 1. The number of aliphatic hydroxyl groups is 1. The van der Waals surface area contributed by atoms with Gasteiger partial charge in [-0.2, -0.15) is 0 Å². The number of carbonyl (C=O) groups is 1. The summed E-state index contributed by atoms with van der Waals surface area (Å²) >= 11 is 0. The molecule has 0 aliphatic carbocycles. The minimum absolute atomic E-state index is 0.287. The highest BCUT2D eigenvalue weighted by atomic mass is 16.5. The molecule has 14 heavy (non-hydrogen) atoms. The van der Waals surface area contributed by atoms with Gasteiger partial charge in [0, 0.05) is 6.08 Å². The van der Waals surface area contributed by atoms with Gasteiger partial charge < -0.3 is 9.84 Å². The van der Waals surface area contributed by atoms with Crippen molar-refractivity contribution in [1.82, 2.24) is 4.90 Å². The number of ether oxygens (including phenoxy) is 1. The van der Waals surface area contributed by atoms with E-state index in [9.17, 15) is 4.79 Å². The van der Waals surface area contributed by atoms with Crippen LogP contribution in [0.15, 0.2) is 12.7 Å². The third kappa shape index (κ3) is 9.22. The van der Waals surface area contributed by atoms with Crippen LogP contribution in [0.3, 0.4) is 0 Å². The van der Waals surface area contributed by atoms with E-state index in [0.29, 0.717) is 0 Å². The Balaban J connectivity index is 0. The van der Waals surface area contributed by atoms with Crippen LogP contribution in [0.2, 0.25) is 0 Å². The van der Waals surface area contributed by atoms with Gasteiger partial charge in [0.1, 0.15) is 6.23 Å². The summed E-state index contributed by atoms with van der Waals surface area (Å²) in [7, 11) is 1.31. The molecule has 0 aliphatic heterocycles. The quantitative estimate of drug-likeness (QED) is 0.421. The predicted molar refractivity (Wildman–Crippen MR) is 56.8 cm³/mol. The van der Waals surface area contributed by atoms with Crippen molar-refractivity contribution in [2.24, 2.45) is 0 Å². The van der Waals surface area contributed by atoms with Crippen molar-refractivity contribution in [2.45, 2.75) is 27.0 Å². The second kappa shape index (κ2) is 10.2. The Morgan fingerprint density at radius 3 is 2.00 bits per heavy atom. The predicted octanol–water partition coefficient (Wildman–Crippen LogP) is 1.01. The van der Waals surface area contributed by atoms with E-state index >= 15 is 0 Å². The second-order valence-corrected chi connectivity index (χ2v) is 2.58. The van der Waals surface area contributed by atoms with Gasteiger partial charge in [0.25, 0.3) is 0 Å². The summed E-state index contributed by atoms with van der Waals surface area (Å²) in [6, 6.07) is 0. The van der Waals surface area contributed by atoms with Crippen LogP contribution in [0.5, 0.6) is 0 Å². The van der Waals surface area contributed by atoms with E-state index in [-0.39, 0.29) is 6.23 Å². The number of hydrogen-bond donors (Lipinski definition) is 1. The molecule has 1 N–H and O–H groups in total. The Morgan fingerprint density at radius 2 is 2.00 bits per heavy atom. The Bertz CT molecular complexity index is 153. The first-order valence-electron chi connectivity index (χ1n) is 4.65. The lowest BCUT2D eigenvalue weighted by Crippen LogP contribution is -2.32. The standard InChI is InChI=1S/C6H15NO.C4H6O2/c1-4-7(5-2)6(3)8;1-3-4(5)6-2/h6,8H,4-5H2,1-3H3;3H,1H2,2H3. The molecule has 0 bridgehead atoms. The summed E-state index contributed by atoms with van der Waals surface area (Å²) < 4.78 is 4.14. The molecule has 0 saturated heterocycles. The van der Waals surface area contributed by atoms with Crippen LogP contribution in [0.25, 0.3) is 0 Å². The van der Waals surface area contributed by atoms with Gasteiger partial charge in [-0.05, 0) is 20.0 Å². The van der Waals surface area contributed by atoms with E-state index in [1.807, 2.05) is 18.7 Å². The van der Waals surface area contributed by atoms with Crippen LogP contribution in [0.1, 0.15) is 20.8 Å². The molecule has 0 aromatic carbocycles. The van der Waals surface area contributed by atoms with Crippen molar-refractivity contribution >= 4 is 5.97 Å². The molecule has 84 valence electrons. The van der Waals surface area contributed by atoms with Crippen LogP contribution in [-0.2, 0) is 9.53 Å². The van der Waals surface area contributed by atoms with E-state index in [2.05, 4.69) is 11.3 Å². The van der Waals surface area contributed by atoms with Gasteiger partial charge in [0.05, 0.1) is 7.11 Å². The lowest BCUT2D eigenvalue weighted by molar-refractivity contribution is -0.134. The molecule has 0 aromatic rings. The Hall–Kier alpha value is -0.870.